The lowest BCUT2D eigenvalue weighted by molar-refractivity contribution is -0.0244. The van der Waals surface area contributed by atoms with Gasteiger partial charge in [0.25, 0.3) is 0 Å². The summed E-state index contributed by atoms with van der Waals surface area (Å²) in [5, 5.41) is 33.9. The van der Waals surface area contributed by atoms with Crippen molar-refractivity contribution in [2.24, 2.45) is 0 Å². The third kappa shape index (κ3) is 3.14. The Morgan fingerprint density at radius 1 is 1.21 bits per heavy atom. The van der Waals surface area contributed by atoms with Crippen molar-refractivity contribution in [2.45, 2.75) is 24.4 Å². The molecule has 4 rings (SSSR count). The molecule has 0 amide bonds. The lowest BCUT2D eigenvalue weighted by atomic mass is 10.1. The number of halogens is 1. The fraction of sp³-hybridized carbons (Fsp3) is 0.263. The van der Waals surface area contributed by atoms with Gasteiger partial charge in [-0.05, 0) is 23.8 Å². The Morgan fingerprint density at radius 2 is 2.04 bits per heavy atom. The number of nitrogen functional groups attached to an aromatic ring is 1. The number of anilines is 1. The predicted octanol–water partition coefficient (Wildman–Crippen LogP) is 0.775. The highest BCUT2D eigenvalue weighted by molar-refractivity contribution is 5.84. The largest absolute Gasteiger partial charge is 0.394 e. The van der Waals surface area contributed by atoms with Crippen LogP contribution in [0.15, 0.2) is 36.7 Å². The summed E-state index contributed by atoms with van der Waals surface area (Å²) in [5.74, 6) is -0.133. The van der Waals surface area contributed by atoms with Gasteiger partial charge in [-0.2, -0.15) is 5.10 Å². The Bertz CT molecular complexity index is 1040. The summed E-state index contributed by atoms with van der Waals surface area (Å²) in [6, 6.07) is 7.81. The maximum absolute atomic E-state index is 13.4. The van der Waals surface area contributed by atoms with E-state index in [2.05, 4.69) is 10.1 Å². The smallest absolute Gasteiger partial charge is 0.151 e. The molecule has 146 valence electrons. The Labute approximate surface area is 159 Å². The monoisotopic (exact) mass is 386 g/mol. The number of benzene rings is 1. The molecule has 5 N–H and O–H groups in total. The highest BCUT2D eigenvalue weighted by Crippen LogP contribution is 2.36. The van der Waals surface area contributed by atoms with Gasteiger partial charge in [-0.1, -0.05) is 24.3 Å². The summed E-state index contributed by atoms with van der Waals surface area (Å²) in [7, 11) is 0. The topological polar surface area (TPSA) is 126 Å². The minimum atomic E-state index is -1.24. The molecule has 0 bridgehead atoms. The summed E-state index contributed by atoms with van der Waals surface area (Å²) < 4.78 is 20.5. The predicted molar refractivity (Wildman–Crippen MR) is 99.4 cm³/mol. The van der Waals surface area contributed by atoms with Crippen molar-refractivity contribution in [1.29, 1.82) is 0 Å². The SMILES string of the molecule is Nc1ncnn2c([C@@H]3O[C@H](CO)[C@@H](O)[C@H]3O)cc(/C=C/c3cccc(F)c3)c12. The number of fused-ring (bicyclic) bond motifs is 1. The Balaban J connectivity index is 1.79. The van der Waals surface area contributed by atoms with Crippen molar-refractivity contribution in [1.82, 2.24) is 14.6 Å². The van der Waals surface area contributed by atoms with E-state index in [0.29, 0.717) is 22.3 Å². The van der Waals surface area contributed by atoms with Gasteiger partial charge in [0.1, 0.15) is 42.1 Å². The van der Waals surface area contributed by atoms with E-state index in [0.717, 1.165) is 0 Å². The van der Waals surface area contributed by atoms with Crippen molar-refractivity contribution >= 4 is 23.5 Å². The van der Waals surface area contributed by atoms with Gasteiger partial charge in [-0.15, -0.1) is 0 Å². The van der Waals surface area contributed by atoms with E-state index in [1.807, 2.05) is 0 Å². The minimum absolute atomic E-state index is 0.215. The molecule has 0 aliphatic carbocycles. The molecule has 4 atom stereocenters. The van der Waals surface area contributed by atoms with Gasteiger partial charge in [-0.3, -0.25) is 0 Å². The maximum atomic E-state index is 13.4. The van der Waals surface area contributed by atoms with Gasteiger partial charge in [-0.25, -0.2) is 13.9 Å². The normalized spacial score (nSPS) is 25.1. The molecule has 1 aliphatic heterocycles. The third-order valence-corrected chi connectivity index (χ3v) is 4.78. The molecule has 8 nitrogen and oxygen atoms in total. The Kier molecular flexibility index (Phi) is 4.82. The van der Waals surface area contributed by atoms with Crippen LogP contribution in [0, 0.1) is 5.82 Å². The van der Waals surface area contributed by atoms with Crippen molar-refractivity contribution in [3.05, 3.63) is 59.3 Å². The van der Waals surface area contributed by atoms with Gasteiger partial charge in [0, 0.05) is 5.56 Å². The first kappa shape index (κ1) is 18.5. The minimum Gasteiger partial charge on any atom is -0.394 e. The van der Waals surface area contributed by atoms with Crippen molar-refractivity contribution < 1.29 is 24.4 Å². The number of ether oxygens (including phenoxy) is 1. The van der Waals surface area contributed by atoms with Gasteiger partial charge in [0.2, 0.25) is 0 Å². The number of rotatable bonds is 4. The second-order valence-corrected chi connectivity index (χ2v) is 6.58. The summed E-state index contributed by atoms with van der Waals surface area (Å²) in [6.45, 7) is -0.429. The van der Waals surface area contributed by atoms with Crippen molar-refractivity contribution in [3.8, 4) is 0 Å². The van der Waals surface area contributed by atoms with E-state index in [-0.39, 0.29) is 11.6 Å². The van der Waals surface area contributed by atoms with E-state index in [1.54, 1.807) is 30.4 Å². The number of hydrogen-bond acceptors (Lipinski definition) is 7. The van der Waals surface area contributed by atoms with Gasteiger partial charge in [0.15, 0.2) is 5.82 Å². The molecule has 0 spiro atoms. The maximum Gasteiger partial charge on any atom is 0.151 e. The van der Waals surface area contributed by atoms with Crippen LogP contribution in [0.25, 0.3) is 17.7 Å². The second kappa shape index (κ2) is 7.28. The summed E-state index contributed by atoms with van der Waals surface area (Å²) in [5.41, 5.74) is 8.25. The Hall–Kier alpha value is -2.85. The molecule has 1 saturated heterocycles. The number of aliphatic hydroxyl groups excluding tert-OH is 3. The van der Waals surface area contributed by atoms with Crippen molar-refractivity contribution in [3.63, 3.8) is 0 Å². The first-order valence-electron chi connectivity index (χ1n) is 8.68. The molecule has 1 fully saturated rings. The zero-order chi connectivity index (χ0) is 19.8. The van der Waals surface area contributed by atoms with Crippen LogP contribution < -0.4 is 5.73 Å². The average Bonchev–Trinajstić information content (AvgIpc) is 3.19. The van der Waals surface area contributed by atoms with Crippen LogP contribution in [0.3, 0.4) is 0 Å². The first-order valence-corrected chi connectivity index (χ1v) is 8.68. The molecule has 1 aromatic carbocycles. The van der Waals surface area contributed by atoms with E-state index in [4.69, 9.17) is 10.5 Å². The fourth-order valence-electron chi connectivity index (χ4n) is 3.39. The quantitative estimate of drug-likeness (QED) is 0.522. The highest BCUT2D eigenvalue weighted by atomic mass is 19.1. The van der Waals surface area contributed by atoms with Crippen molar-refractivity contribution in [2.75, 3.05) is 12.3 Å². The number of aromatic nitrogens is 3. The highest BCUT2D eigenvalue weighted by Gasteiger charge is 2.44. The van der Waals surface area contributed by atoms with Gasteiger partial charge in [0.05, 0.1) is 12.3 Å². The third-order valence-electron chi connectivity index (χ3n) is 4.78. The molecular weight excluding hydrogens is 367 g/mol. The fourth-order valence-corrected chi connectivity index (χ4v) is 3.39. The summed E-state index contributed by atoms with van der Waals surface area (Å²) in [4.78, 5) is 4.00. The van der Waals surface area contributed by atoms with Crippen LogP contribution in [0.2, 0.25) is 0 Å². The molecule has 3 heterocycles. The molecular formula is C19H19FN4O4. The molecule has 1 aliphatic rings. The number of nitrogens with zero attached hydrogens (tertiary/aromatic N) is 3. The van der Waals surface area contributed by atoms with Crippen LogP contribution in [0.4, 0.5) is 10.2 Å². The van der Waals surface area contributed by atoms with E-state index in [1.165, 1.54) is 23.0 Å². The summed E-state index contributed by atoms with van der Waals surface area (Å²) >= 11 is 0. The van der Waals surface area contributed by atoms with Gasteiger partial charge >= 0.3 is 0 Å². The molecule has 0 saturated carbocycles. The zero-order valence-corrected chi connectivity index (χ0v) is 14.7. The van der Waals surface area contributed by atoms with E-state index in [9.17, 15) is 19.7 Å². The molecule has 9 heteroatoms. The lowest BCUT2D eigenvalue weighted by Crippen LogP contribution is -2.32. The standard InChI is InChI=1S/C19H19FN4O4/c20-12-3-1-2-10(6-12)4-5-11-7-13(24-15(11)19(21)22-9-23-24)18-17(27)16(26)14(8-25)28-18/h1-7,9,14,16-18,25-27H,8H2,(H2,21,22,23)/b5-4+/t14-,16-,17-,18+/m1/s1. The second-order valence-electron chi connectivity index (χ2n) is 6.58. The van der Waals surface area contributed by atoms with E-state index < -0.39 is 31.0 Å². The number of aliphatic hydroxyl groups is 3. The number of hydrogen-bond donors (Lipinski definition) is 4. The van der Waals surface area contributed by atoms with Crippen LogP contribution in [-0.2, 0) is 4.74 Å². The summed E-state index contributed by atoms with van der Waals surface area (Å²) in [6.07, 6.45) is 0.423. The Morgan fingerprint density at radius 3 is 2.75 bits per heavy atom. The zero-order valence-electron chi connectivity index (χ0n) is 14.7. The number of nitrogens with two attached hydrogens (primary N) is 1. The lowest BCUT2D eigenvalue weighted by Gasteiger charge is -2.14. The first-order chi connectivity index (χ1) is 13.5. The molecule has 3 aromatic rings. The average molecular weight is 386 g/mol. The van der Waals surface area contributed by atoms with Crippen LogP contribution >= 0.6 is 0 Å². The van der Waals surface area contributed by atoms with Crippen LogP contribution in [0.1, 0.15) is 22.9 Å². The molecule has 0 unspecified atom stereocenters. The molecule has 28 heavy (non-hydrogen) atoms. The molecule has 0 radical (unpaired) electrons. The van der Waals surface area contributed by atoms with E-state index >= 15 is 0 Å². The van der Waals surface area contributed by atoms with Crippen LogP contribution in [-0.4, -0.2) is 54.8 Å². The van der Waals surface area contributed by atoms with Crippen LogP contribution in [0.5, 0.6) is 0 Å². The molecule has 2 aromatic heterocycles. The van der Waals surface area contributed by atoms with Gasteiger partial charge < -0.3 is 25.8 Å².